The normalized spacial score (nSPS) is 11.0. The maximum Gasteiger partial charge on any atom is 0.293 e. The molecule has 0 fully saturated rings. The predicted octanol–water partition coefficient (Wildman–Crippen LogP) is 7.67. The third-order valence-corrected chi connectivity index (χ3v) is 7.36. The first-order valence-electron chi connectivity index (χ1n) is 10.7. The second-order valence-electron chi connectivity index (χ2n) is 7.88. The van der Waals surface area contributed by atoms with Gasteiger partial charge in [0.15, 0.2) is 10.9 Å². The third-order valence-electron chi connectivity index (χ3n) is 5.34. The van der Waals surface area contributed by atoms with E-state index < -0.39 is 5.91 Å². The van der Waals surface area contributed by atoms with E-state index in [0.29, 0.717) is 43.2 Å². The van der Waals surface area contributed by atoms with Crippen molar-refractivity contribution in [2.24, 2.45) is 0 Å². The number of aromatic nitrogens is 1. The molecular formula is C26H17Cl2N3O3S2. The number of furan rings is 1. The summed E-state index contributed by atoms with van der Waals surface area (Å²) in [5.41, 5.74) is 3.35. The quantitative estimate of drug-likeness (QED) is 0.156. The number of aryl methyl sites for hydroxylation is 1. The number of hydrogen-bond donors (Lipinski definition) is 3. The molecule has 2 heterocycles. The van der Waals surface area contributed by atoms with E-state index in [1.165, 1.54) is 11.3 Å². The standard InChI is InChI=1S/C26H17Cl2N3O3S2/c1-13-10-15(12-16(23(13)32)25-30-19-4-2-3-5-22(19)36-25)29-26(35)31-24(33)21-9-8-20(34-21)14-6-7-17(27)18(28)11-14/h2-12,32H,1H3,(H2,29,31,33,35). The van der Waals surface area contributed by atoms with Crippen molar-refractivity contribution in [1.82, 2.24) is 10.3 Å². The van der Waals surface area contributed by atoms with Crippen LogP contribution in [0.3, 0.4) is 0 Å². The minimum Gasteiger partial charge on any atom is -0.507 e. The number of hydrogen-bond acceptors (Lipinski definition) is 6. The molecule has 0 bridgehead atoms. The summed E-state index contributed by atoms with van der Waals surface area (Å²) in [5.74, 6) is 0.171. The number of halogens is 2. The number of phenols is 1. The number of carbonyl (C=O) groups is 1. The topological polar surface area (TPSA) is 87.4 Å². The van der Waals surface area contributed by atoms with Gasteiger partial charge in [-0.15, -0.1) is 11.3 Å². The lowest BCUT2D eigenvalue weighted by Crippen LogP contribution is -2.33. The molecule has 0 spiro atoms. The number of benzene rings is 3. The number of fused-ring (bicyclic) bond motifs is 1. The number of rotatable bonds is 4. The molecule has 0 radical (unpaired) electrons. The number of para-hydroxylation sites is 1. The highest BCUT2D eigenvalue weighted by Gasteiger charge is 2.17. The van der Waals surface area contributed by atoms with Crippen LogP contribution in [0.4, 0.5) is 5.69 Å². The molecule has 1 amide bonds. The first kappa shape index (κ1) is 24.3. The molecule has 0 unspecified atom stereocenters. The van der Waals surface area contributed by atoms with Crippen LogP contribution in [0.25, 0.3) is 32.1 Å². The van der Waals surface area contributed by atoms with Gasteiger partial charge in [0.1, 0.15) is 16.5 Å². The molecule has 5 aromatic rings. The number of aromatic hydroxyl groups is 1. The summed E-state index contributed by atoms with van der Waals surface area (Å²) in [5, 5.41) is 17.8. The summed E-state index contributed by atoms with van der Waals surface area (Å²) in [6, 6.07) is 19.5. The van der Waals surface area contributed by atoms with Gasteiger partial charge in [0.2, 0.25) is 0 Å². The maximum atomic E-state index is 12.7. The molecule has 3 N–H and O–H groups in total. The largest absolute Gasteiger partial charge is 0.507 e. The monoisotopic (exact) mass is 553 g/mol. The fourth-order valence-electron chi connectivity index (χ4n) is 3.59. The van der Waals surface area contributed by atoms with Gasteiger partial charge in [-0.2, -0.15) is 0 Å². The molecule has 180 valence electrons. The van der Waals surface area contributed by atoms with Crippen molar-refractivity contribution >= 4 is 73.7 Å². The molecule has 0 atom stereocenters. The van der Waals surface area contributed by atoms with Gasteiger partial charge in [0.25, 0.3) is 5.91 Å². The first-order chi connectivity index (χ1) is 17.3. The van der Waals surface area contributed by atoms with Crippen molar-refractivity contribution in [3.05, 3.63) is 88.1 Å². The van der Waals surface area contributed by atoms with E-state index >= 15 is 0 Å². The van der Waals surface area contributed by atoms with Crippen LogP contribution in [0.1, 0.15) is 16.1 Å². The lowest BCUT2D eigenvalue weighted by molar-refractivity contribution is 0.0951. The molecule has 0 aliphatic heterocycles. The van der Waals surface area contributed by atoms with E-state index in [-0.39, 0.29) is 16.6 Å². The highest BCUT2D eigenvalue weighted by Crippen LogP contribution is 2.39. The van der Waals surface area contributed by atoms with Crippen molar-refractivity contribution in [1.29, 1.82) is 0 Å². The molecule has 6 nitrogen and oxygen atoms in total. The first-order valence-corrected chi connectivity index (χ1v) is 12.6. The molecule has 0 saturated heterocycles. The Morgan fingerprint density at radius 1 is 1.06 bits per heavy atom. The minimum absolute atomic E-state index is 0.0767. The van der Waals surface area contributed by atoms with Crippen LogP contribution >= 0.6 is 46.8 Å². The lowest BCUT2D eigenvalue weighted by atomic mass is 10.1. The van der Waals surface area contributed by atoms with E-state index in [0.717, 1.165) is 10.2 Å². The summed E-state index contributed by atoms with van der Waals surface area (Å²) in [7, 11) is 0. The summed E-state index contributed by atoms with van der Waals surface area (Å²) in [6.45, 7) is 1.78. The number of thiocarbonyl (C=S) groups is 1. The average molecular weight is 554 g/mol. The molecular weight excluding hydrogens is 537 g/mol. The lowest BCUT2D eigenvalue weighted by Gasteiger charge is -2.12. The third kappa shape index (κ3) is 4.94. The molecule has 5 rings (SSSR count). The summed E-state index contributed by atoms with van der Waals surface area (Å²) in [6.07, 6.45) is 0. The summed E-state index contributed by atoms with van der Waals surface area (Å²) >= 11 is 18.9. The Balaban J connectivity index is 1.32. The smallest absolute Gasteiger partial charge is 0.293 e. The number of carbonyl (C=O) groups excluding carboxylic acids is 1. The molecule has 10 heteroatoms. The van der Waals surface area contributed by atoms with Crippen molar-refractivity contribution in [2.45, 2.75) is 6.92 Å². The SMILES string of the molecule is Cc1cc(NC(=S)NC(=O)c2ccc(-c3ccc(Cl)c(Cl)c3)o2)cc(-c2nc3ccccc3s2)c1O. The highest BCUT2D eigenvalue weighted by molar-refractivity contribution is 7.80. The van der Waals surface area contributed by atoms with Crippen molar-refractivity contribution in [2.75, 3.05) is 5.32 Å². The Kier molecular flexibility index (Phi) is 6.68. The van der Waals surface area contributed by atoms with Crippen LogP contribution < -0.4 is 10.6 Å². The predicted molar refractivity (Wildman–Crippen MR) is 149 cm³/mol. The van der Waals surface area contributed by atoms with Crippen molar-refractivity contribution < 1.29 is 14.3 Å². The van der Waals surface area contributed by atoms with E-state index in [1.54, 1.807) is 49.4 Å². The Hall–Kier alpha value is -3.43. The number of thiazole rings is 1. The van der Waals surface area contributed by atoms with E-state index in [2.05, 4.69) is 15.6 Å². The van der Waals surface area contributed by atoms with Crippen LogP contribution in [-0.4, -0.2) is 21.1 Å². The zero-order valence-corrected chi connectivity index (χ0v) is 21.8. The zero-order valence-electron chi connectivity index (χ0n) is 18.6. The Morgan fingerprint density at radius 2 is 1.86 bits per heavy atom. The van der Waals surface area contributed by atoms with Gasteiger partial charge >= 0.3 is 0 Å². The van der Waals surface area contributed by atoms with E-state index in [9.17, 15) is 9.90 Å². The van der Waals surface area contributed by atoms with Gasteiger partial charge in [-0.25, -0.2) is 4.98 Å². The number of anilines is 1. The van der Waals surface area contributed by atoms with E-state index in [4.69, 9.17) is 39.8 Å². The Bertz CT molecular complexity index is 1610. The average Bonchev–Trinajstić information content (AvgIpc) is 3.50. The summed E-state index contributed by atoms with van der Waals surface area (Å²) in [4.78, 5) is 17.3. The molecule has 2 aromatic heterocycles. The van der Waals surface area contributed by atoms with Gasteiger partial charge < -0.3 is 14.8 Å². The fraction of sp³-hybridized carbons (Fsp3) is 0.0385. The molecule has 36 heavy (non-hydrogen) atoms. The van der Waals surface area contributed by atoms with Crippen LogP contribution in [0.5, 0.6) is 5.75 Å². The molecule has 0 aliphatic carbocycles. The van der Waals surface area contributed by atoms with Gasteiger partial charge in [0.05, 0.1) is 25.8 Å². The van der Waals surface area contributed by atoms with Crippen molar-refractivity contribution in [3.63, 3.8) is 0 Å². The second kappa shape index (κ2) is 9.91. The van der Waals surface area contributed by atoms with Gasteiger partial charge in [-0.1, -0.05) is 35.3 Å². The molecule has 3 aromatic carbocycles. The van der Waals surface area contributed by atoms with Gasteiger partial charge in [-0.05, 0) is 79.3 Å². The number of nitrogens with one attached hydrogen (secondary N) is 2. The van der Waals surface area contributed by atoms with Gasteiger partial charge in [0, 0.05) is 11.3 Å². The summed E-state index contributed by atoms with van der Waals surface area (Å²) < 4.78 is 6.69. The minimum atomic E-state index is -0.513. The van der Waals surface area contributed by atoms with Gasteiger partial charge in [-0.3, -0.25) is 10.1 Å². The second-order valence-corrected chi connectivity index (χ2v) is 10.1. The zero-order chi connectivity index (χ0) is 25.4. The van der Waals surface area contributed by atoms with Crippen LogP contribution in [0, 0.1) is 6.92 Å². The Labute approximate surface area is 225 Å². The highest BCUT2D eigenvalue weighted by atomic mass is 35.5. The van der Waals surface area contributed by atoms with E-state index in [1.807, 2.05) is 24.3 Å². The van der Waals surface area contributed by atoms with Crippen LogP contribution in [0.15, 0.2) is 71.1 Å². The Morgan fingerprint density at radius 3 is 2.64 bits per heavy atom. The maximum absolute atomic E-state index is 12.7. The van der Waals surface area contributed by atoms with Crippen molar-refractivity contribution in [3.8, 4) is 27.6 Å². The number of phenolic OH excluding ortho intramolecular Hbond substituents is 1. The van der Waals surface area contributed by atoms with Crippen LogP contribution in [0.2, 0.25) is 10.0 Å². The number of nitrogens with zero attached hydrogens (tertiary/aromatic N) is 1. The molecule has 0 aliphatic rings. The molecule has 0 saturated carbocycles. The van der Waals surface area contributed by atoms with Crippen LogP contribution in [-0.2, 0) is 0 Å². The number of amides is 1. The fourth-order valence-corrected chi connectivity index (χ4v) is 5.09.